The number of halogens is 1. The first kappa shape index (κ1) is 16.1. The summed E-state index contributed by atoms with van der Waals surface area (Å²) in [4.78, 5) is 15.1. The zero-order valence-electron chi connectivity index (χ0n) is 13.3. The van der Waals surface area contributed by atoms with Crippen LogP contribution >= 0.6 is 22.9 Å². The van der Waals surface area contributed by atoms with Crippen molar-refractivity contribution < 1.29 is 9.21 Å². The number of thiophene rings is 1. The summed E-state index contributed by atoms with van der Waals surface area (Å²) in [6.45, 7) is 5.96. The van der Waals surface area contributed by atoms with Crippen LogP contribution in [0.1, 0.15) is 32.8 Å². The Morgan fingerprint density at radius 3 is 2.74 bits per heavy atom. The third-order valence-corrected chi connectivity index (χ3v) is 5.12. The van der Waals surface area contributed by atoms with Crippen LogP contribution in [0.15, 0.2) is 34.7 Å². The number of hydrogen-bond donors (Lipinski definition) is 1. The van der Waals surface area contributed by atoms with Gasteiger partial charge in [0.2, 0.25) is 0 Å². The fourth-order valence-electron chi connectivity index (χ4n) is 2.66. The van der Waals surface area contributed by atoms with Gasteiger partial charge in [0.1, 0.15) is 0 Å². The molecule has 0 bridgehead atoms. The highest BCUT2D eigenvalue weighted by Crippen LogP contribution is 2.30. The van der Waals surface area contributed by atoms with E-state index in [1.54, 1.807) is 17.4 Å². The molecule has 1 aromatic carbocycles. The number of nitrogens with one attached hydrogen (secondary N) is 1. The molecule has 0 aliphatic rings. The molecule has 2 aromatic heterocycles. The first-order chi connectivity index (χ1) is 11.0. The lowest BCUT2D eigenvalue weighted by molar-refractivity contribution is 0.0913. The van der Waals surface area contributed by atoms with Crippen LogP contribution in [0.25, 0.3) is 11.0 Å². The normalized spacial score (nSPS) is 12.5. The Labute approximate surface area is 144 Å². The second-order valence-corrected chi connectivity index (χ2v) is 7.54. The zero-order chi connectivity index (χ0) is 16.6. The fraction of sp³-hybridized carbons (Fsp3) is 0.278. The first-order valence-electron chi connectivity index (χ1n) is 7.49. The first-order valence-corrected chi connectivity index (χ1v) is 8.69. The highest BCUT2D eigenvalue weighted by atomic mass is 35.5. The molecular formula is C18H18ClNO2S. The molecule has 1 amide bonds. The van der Waals surface area contributed by atoms with Crippen molar-refractivity contribution in [1.29, 1.82) is 0 Å². The molecule has 0 saturated heterocycles. The Morgan fingerprint density at radius 1 is 1.30 bits per heavy atom. The highest BCUT2D eigenvalue weighted by Gasteiger charge is 2.20. The smallest absolute Gasteiger partial charge is 0.287 e. The number of rotatable bonds is 4. The summed E-state index contributed by atoms with van der Waals surface area (Å²) >= 11 is 7.89. The molecule has 0 aliphatic heterocycles. The van der Waals surface area contributed by atoms with Gasteiger partial charge in [-0.3, -0.25) is 4.79 Å². The fourth-order valence-corrected chi connectivity index (χ4v) is 3.89. The van der Waals surface area contributed by atoms with Crippen LogP contribution in [-0.4, -0.2) is 11.9 Å². The third-order valence-electron chi connectivity index (χ3n) is 3.80. The van der Waals surface area contributed by atoms with E-state index in [0.29, 0.717) is 16.4 Å². The Bertz CT molecular complexity index is 865. The minimum absolute atomic E-state index is 0.0311. The molecule has 0 fully saturated rings. The second-order valence-electron chi connectivity index (χ2n) is 5.76. The van der Waals surface area contributed by atoms with Crippen molar-refractivity contribution in [2.24, 2.45) is 0 Å². The standard InChI is InChI=1S/C18H18ClNO2S/c1-10(9-13-8-7-11(2)23-13)20-18(21)16-12(3)14-5-4-6-15(19)17(14)22-16/h4-8,10H,9H2,1-3H3,(H,20,21). The maximum atomic E-state index is 12.5. The van der Waals surface area contributed by atoms with E-state index in [9.17, 15) is 4.79 Å². The minimum atomic E-state index is -0.199. The predicted octanol–water partition coefficient (Wildman–Crippen LogP) is 5.13. The molecule has 5 heteroatoms. The van der Waals surface area contributed by atoms with Gasteiger partial charge in [-0.05, 0) is 39.0 Å². The molecule has 1 atom stereocenters. The number of benzene rings is 1. The Morgan fingerprint density at radius 2 is 2.09 bits per heavy atom. The largest absolute Gasteiger partial charge is 0.449 e. The summed E-state index contributed by atoms with van der Waals surface area (Å²) in [5.74, 6) is 0.137. The summed E-state index contributed by atoms with van der Waals surface area (Å²) in [7, 11) is 0. The van der Waals surface area contributed by atoms with Crippen molar-refractivity contribution in [3.05, 3.63) is 56.4 Å². The molecule has 120 valence electrons. The third kappa shape index (κ3) is 3.28. The molecule has 0 aliphatic carbocycles. The number of carbonyl (C=O) groups is 1. The number of furan rings is 1. The van der Waals surface area contributed by atoms with Crippen LogP contribution in [0.4, 0.5) is 0 Å². The summed E-state index contributed by atoms with van der Waals surface area (Å²) in [5.41, 5.74) is 1.39. The molecule has 1 N–H and O–H groups in total. The van der Waals surface area contributed by atoms with E-state index in [1.165, 1.54) is 9.75 Å². The van der Waals surface area contributed by atoms with Gasteiger partial charge in [-0.15, -0.1) is 11.3 Å². The average Bonchev–Trinajstić information content (AvgIpc) is 3.04. The number of para-hydroxylation sites is 1. The van der Waals surface area contributed by atoms with E-state index in [0.717, 1.165) is 17.4 Å². The van der Waals surface area contributed by atoms with Gasteiger partial charge in [-0.25, -0.2) is 0 Å². The van der Waals surface area contributed by atoms with E-state index in [-0.39, 0.29) is 11.9 Å². The topological polar surface area (TPSA) is 42.2 Å². The van der Waals surface area contributed by atoms with Gasteiger partial charge in [0.05, 0.1) is 5.02 Å². The highest BCUT2D eigenvalue weighted by molar-refractivity contribution is 7.11. The van der Waals surface area contributed by atoms with Gasteiger partial charge in [0, 0.05) is 33.2 Å². The lowest BCUT2D eigenvalue weighted by atomic mass is 10.1. The molecular weight excluding hydrogens is 330 g/mol. The van der Waals surface area contributed by atoms with Crippen LogP contribution in [0.3, 0.4) is 0 Å². The summed E-state index contributed by atoms with van der Waals surface area (Å²) < 4.78 is 5.71. The molecule has 0 radical (unpaired) electrons. The van der Waals surface area contributed by atoms with Crippen LogP contribution < -0.4 is 5.32 Å². The molecule has 2 heterocycles. The van der Waals surface area contributed by atoms with Gasteiger partial charge in [-0.1, -0.05) is 23.7 Å². The van der Waals surface area contributed by atoms with Crippen LogP contribution in [0.5, 0.6) is 0 Å². The summed E-state index contributed by atoms with van der Waals surface area (Å²) in [6, 6.07) is 9.76. The van der Waals surface area contributed by atoms with E-state index in [2.05, 4.69) is 24.4 Å². The number of carbonyl (C=O) groups excluding carboxylic acids is 1. The maximum absolute atomic E-state index is 12.5. The van der Waals surface area contributed by atoms with Crippen LogP contribution in [0.2, 0.25) is 5.02 Å². The maximum Gasteiger partial charge on any atom is 0.287 e. The lowest BCUT2D eigenvalue weighted by Crippen LogP contribution is -2.34. The Kier molecular flexibility index (Phi) is 4.46. The van der Waals surface area contributed by atoms with Gasteiger partial charge in [0.25, 0.3) is 5.91 Å². The van der Waals surface area contributed by atoms with Crippen LogP contribution in [-0.2, 0) is 6.42 Å². The molecule has 0 spiro atoms. The van der Waals surface area contributed by atoms with Crippen molar-refractivity contribution in [3.8, 4) is 0 Å². The molecule has 23 heavy (non-hydrogen) atoms. The number of amides is 1. The lowest BCUT2D eigenvalue weighted by Gasteiger charge is -2.12. The van der Waals surface area contributed by atoms with Gasteiger partial charge in [0.15, 0.2) is 11.3 Å². The second kappa shape index (κ2) is 6.38. The molecule has 3 aromatic rings. The van der Waals surface area contributed by atoms with E-state index < -0.39 is 0 Å². The average molecular weight is 348 g/mol. The minimum Gasteiger partial charge on any atom is -0.449 e. The van der Waals surface area contributed by atoms with Crippen molar-refractivity contribution in [2.45, 2.75) is 33.2 Å². The molecule has 3 rings (SSSR count). The van der Waals surface area contributed by atoms with Crippen molar-refractivity contribution >= 4 is 39.8 Å². The monoisotopic (exact) mass is 347 g/mol. The zero-order valence-corrected chi connectivity index (χ0v) is 14.8. The summed E-state index contributed by atoms with van der Waals surface area (Å²) in [6.07, 6.45) is 0.810. The van der Waals surface area contributed by atoms with E-state index >= 15 is 0 Å². The number of aryl methyl sites for hydroxylation is 2. The van der Waals surface area contributed by atoms with Gasteiger partial charge >= 0.3 is 0 Å². The number of hydrogen-bond acceptors (Lipinski definition) is 3. The Hall–Kier alpha value is -1.78. The molecule has 0 saturated carbocycles. The Balaban J connectivity index is 1.78. The van der Waals surface area contributed by atoms with Crippen molar-refractivity contribution in [1.82, 2.24) is 5.32 Å². The van der Waals surface area contributed by atoms with E-state index in [4.69, 9.17) is 16.0 Å². The SMILES string of the molecule is Cc1ccc(CC(C)NC(=O)c2oc3c(Cl)cccc3c2C)s1. The quantitative estimate of drug-likeness (QED) is 0.711. The number of fused-ring (bicyclic) bond motifs is 1. The molecule has 3 nitrogen and oxygen atoms in total. The van der Waals surface area contributed by atoms with Gasteiger partial charge in [-0.2, -0.15) is 0 Å². The van der Waals surface area contributed by atoms with Crippen molar-refractivity contribution in [2.75, 3.05) is 0 Å². The predicted molar refractivity (Wildman–Crippen MR) is 95.6 cm³/mol. The van der Waals surface area contributed by atoms with Gasteiger partial charge < -0.3 is 9.73 Å². The van der Waals surface area contributed by atoms with E-state index in [1.807, 2.05) is 26.0 Å². The molecule has 1 unspecified atom stereocenters. The van der Waals surface area contributed by atoms with Crippen LogP contribution in [0, 0.1) is 13.8 Å². The van der Waals surface area contributed by atoms with Crippen molar-refractivity contribution in [3.63, 3.8) is 0 Å². The summed E-state index contributed by atoms with van der Waals surface area (Å²) in [5, 5.41) is 4.41.